The van der Waals surface area contributed by atoms with Crippen molar-refractivity contribution in [3.8, 4) is 0 Å². The van der Waals surface area contributed by atoms with Crippen LogP contribution in [0, 0.1) is 5.92 Å². The Hall–Kier alpha value is 0.160. The third-order valence-electron chi connectivity index (χ3n) is 2.31. The van der Waals surface area contributed by atoms with Crippen LogP contribution in [-0.2, 0) is 10.0 Å². The van der Waals surface area contributed by atoms with Gasteiger partial charge in [0, 0.05) is 13.1 Å². The normalized spacial score (nSPS) is 11.5. The SMILES string of the molecule is CCC(CC)CS(=O)(=O)NCCNC.Cl. The Morgan fingerprint density at radius 3 is 2.07 bits per heavy atom. The van der Waals surface area contributed by atoms with Gasteiger partial charge in [0.2, 0.25) is 10.0 Å². The van der Waals surface area contributed by atoms with Crippen molar-refractivity contribution in [3.63, 3.8) is 0 Å². The van der Waals surface area contributed by atoms with Crippen LogP contribution in [0.25, 0.3) is 0 Å². The summed E-state index contributed by atoms with van der Waals surface area (Å²) < 4.78 is 25.6. The first-order valence-electron chi connectivity index (χ1n) is 5.17. The van der Waals surface area contributed by atoms with Crippen molar-refractivity contribution >= 4 is 22.4 Å². The van der Waals surface area contributed by atoms with E-state index >= 15 is 0 Å². The predicted molar refractivity (Wildman–Crippen MR) is 67.0 cm³/mol. The summed E-state index contributed by atoms with van der Waals surface area (Å²) in [6.45, 7) is 5.19. The second-order valence-corrected chi connectivity index (χ2v) is 5.31. The van der Waals surface area contributed by atoms with Crippen LogP contribution in [-0.4, -0.2) is 34.3 Å². The Morgan fingerprint density at radius 1 is 1.13 bits per heavy atom. The van der Waals surface area contributed by atoms with Gasteiger partial charge >= 0.3 is 0 Å². The second-order valence-electron chi connectivity index (χ2n) is 3.46. The number of halogens is 1. The summed E-state index contributed by atoms with van der Waals surface area (Å²) in [5.74, 6) is 0.533. The summed E-state index contributed by atoms with van der Waals surface area (Å²) in [5.41, 5.74) is 0. The highest BCUT2D eigenvalue weighted by atomic mass is 35.5. The molecule has 0 atom stereocenters. The fourth-order valence-corrected chi connectivity index (χ4v) is 2.85. The zero-order chi connectivity index (χ0) is 11.0. The monoisotopic (exact) mass is 258 g/mol. The molecule has 0 rings (SSSR count). The van der Waals surface area contributed by atoms with Crippen molar-refractivity contribution in [1.29, 1.82) is 0 Å². The van der Waals surface area contributed by atoms with Crippen molar-refractivity contribution in [2.45, 2.75) is 26.7 Å². The number of likely N-dealkylation sites (N-methyl/N-ethyl adjacent to an activating group) is 1. The van der Waals surface area contributed by atoms with E-state index in [0.717, 1.165) is 12.8 Å². The van der Waals surface area contributed by atoms with Gasteiger partial charge in [-0.2, -0.15) is 0 Å². The van der Waals surface area contributed by atoms with Gasteiger partial charge in [-0.3, -0.25) is 0 Å². The van der Waals surface area contributed by atoms with Crippen LogP contribution in [0.5, 0.6) is 0 Å². The Morgan fingerprint density at radius 2 is 1.67 bits per heavy atom. The molecule has 0 aliphatic rings. The topological polar surface area (TPSA) is 58.2 Å². The van der Waals surface area contributed by atoms with Crippen molar-refractivity contribution in [1.82, 2.24) is 10.0 Å². The molecule has 6 heteroatoms. The molecule has 15 heavy (non-hydrogen) atoms. The lowest BCUT2D eigenvalue weighted by molar-refractivity contribution is 0.516. The van der Waals surface area contributed by atoms with E-state index in [1.165, 1.54) is 0 Å². The predicted octanol–water partition coefficient (Wildman–Crippen LogP) is 0.983. The van der Waals surface area contributed by atoms with Crippen LogP contribution >= 0.6 is 12.4 Å². The van der Waals surface area contributed by atoms with Gasteiger partial charge in [-0.1, -0.05) is 26.7 Å². The van der Waals surface area contributed by atoms with Crippen LogP contribution < -0.4 is 10.0 Å². The highest BCUT2D eigenvalue weighted by Gasteiger charge is 2.15. The zero-order valence-corrected chi connectivity index (χ0v) is 11.4. The Labute approximate surface area is 99.7 Å². The molecule has 0 radical (unpaired) electrons. The summed E-state index contributed by atoms with van der Waals surface area (Å²) in [6, 6.07) is 0. The van der Waals surface area contributed by atoms with Gasteiger partial charge in [0.05, 0.1) is 5.75 Å². The molecule has 0 bridgehead atoms. The summed E-state index contributed by atoms with van der Waals surface area (Å²) in [6.07, 6.45) is 1.84. The molecule has 0 aromatic carbocycles. The van der Waals surface area contributed by atoms with Gasteiger partial charge in [0.15, 0.2) is 0 Å². The number of nitrogens with one attached hydrogen (secondary N) is 2. The average molecular weight is 259 g/mol. The Bertz CT molecular complexity index is 228. The van der Waals surface area contributed by atoms with E-state index in [4.69, 9.17) is 0 Å². The van der Waals surface area contributed by atoms with Crippen molar-refractivity contribution in [3.05, 3.63) is 0 Å². The molecular formula is C9H23ClN2O2S. The Kier molecular flexibility index (Phi) is 11.0. The molecule has 0 unspecified atom stereocenters. The zero-order valence-electron chi connectivity index (χ0n) is 9.75. The van der Waals surface area contributed by atoms with Crippen molar-refractivity contribution in [2.75, 3.05) is 25.9 Å². The number of hydrogen-bond acceptors (Lipinski definition) is 3. The average Bonchev–Trinajstić information content (AvgIpc) is 2.14. The molecule has 0 saturated heterocycles. The fourth-order valence-electron chi connectivity index (χ4n) is 1.23. The van der Waals surface area contributed by atoms with Crippen LogP contribution in [0.4, 0.5) is 0 Å². The highest BCUT2D eigenvalue weighted by molar-refractivity contribution is 7.89. The lowest BCUT2D eigenvalue weighted by Crippen LogP contribution is -2.34. The Balaban J connectivity index is 0. The third-order valence-corrected chi connectivity index (χ3v) is 3.86. The van der Waals surface area contributed by atoms with Crippen LogP contribution in [0.1, 0.15) is 26.7 Å². The van der Waals surface area contributed by atoms with Crippen LogP contribution in [0.15, 0.2) is 0 Å². The first kappa shape index (κ1) is 17.6. The molecule has 0 aliphatic heterocycles. The first-order valence-corrected chi connectivity index (χ1v) is 6.82. The minimum Gasteiger partial charge on any atom is -0.318 e. The van der Waals surface area contributed by atoms with Crippen molar-refractivity contribution < 1.29 is 8.42 Å². The standard InChI is InChI=1S/C9H22N2O2S.ClH/c1-4-9(5-2)8-14(12,13)11-7-6-10-3;/h9-11H,4-8H2,1-3H3;1H. The number of rotatable bonds is 8. The molecular weight excluding hydrogens is 236 g/mol. The van der Waals surface area contributed by atoms with Crippen molar-refractivity contribution in [2.24, 2.45) is 5.92 Å². The molecule has 0 amide bonds. The minimum absolute atomic E-state index is 0. The van der Waals surface area contributed by atoms with E-state index in [1.54, 1.807) is 7.05 Å². The summed E-state index contributed by atoms with van der Waals surface area (Å²) >= 11 is 0. The summed E-state index contributed by atoms with van der Waals surface area (Å²) in [7, 11) is -1.27. The van der Waals surface area contributed by atoms with Crippen LogP contribution in [0.3, 0.4) is 0 Å². The molecule has 4 nitrogen and oxygen atoms in total. The lowest BCUT2D eigenvalue weighted by atomic mass is 10.1. The van der Waals surface area contributed by atoms with E-state index in [1.807, 2.05) is 13.8 Å². The maximum absolute atomic E-state index is 11.5. The molecule has 0 spiro atoms. The third kappa shape index (κ3) is 9.11. The van der Waals surface area contributed by atoms with Crippen LogP contribution in [0.2, 0.25) is 0 Å². The maximum atomic E-state index is 11.5. The number of hydrogen-bond donors (Lipinski definition) is 2. The van der Waals surface area contributed by atoms with Gasteiger partial charge in [-0.25, -0.2) is 13.1 Å². The smallest absolute Gasteiger partial charge is 0.211 e. The van der Waals surface area contributed by atoms with Gasteiger partial charge in [-0.15, -0.1) is 12.4 Å². The highest BCUT2D eigenvalue weighted by Crippen LogP contribution is 2.09. The molecule has 2 N–H and O–H groups in total. The maximum Gasteiger partial charge on any atom is 0.211 e. The molecule has 0 heterocycles. The number of sulfonamides is 1. The second kappa shape index (κ2) is 9.39. The molecule has 0 aliphatic carbocycles. The fraction of sp³-hybridized carbons (Fsp3) is 1.00. The van der Waals surface area contributed by atoms with E-state index in [9.17, 15) is 8.42 Å². The van der Waals surface area contributed by atoms with E-state index in [2.05, 4.69) is 10.0 Å². The largest absolute Gasteiger partial charge is 0.318 e. The van der Waals surface area contributed by atoms with Gasteiger partial charge < -0.3 is 5.32 Å². The first-order chi connectivity index (χ1) is 6.55. The van der Waals surface area contributed by atoms with E-state index < -0.39 is 10.0 Å². The minimum atomic E-state index is -3.07. The van der Waals surface area contributed by atoms with E-state index in [-0.39, 0.29) is 24.1 Å². The lowest BCUT2D eigenvalue weighted by Gasteiger charge is -2.13. The summed E-state index contributed by atoms with van der Waals surface area (Å²) in [5, 5.41) is 2.89. The van der Waals surface area contributed by atoms with Gasteiger partial charge in [0.1, 0.15) is 0 Å². The molecule has 0 aromatic rings. The molecule has 0 fully saturated rings. The van der Waals surface area contributed by atoms with Gasteiger partial charge in [0.25, 0.3) is 0 Å². The van der Waals surface area contributed by atoms with E-state index in [0.29, 0.717) is 13.1 Å². The van der Waals surface area contributed by atoms with Gasteiger partial charge in [-0.05, 0) is 13.0 Å². The summed E-state index contributed by atoms with van der Waals surface area (Å²) in [4.78, 5) is 0. The molecule has 94 valence electrons. The molecule has 0 aromatic heterocycles. The molecule has 0 saturated carbocycles. The quantitative estimate of drug-likeness (QED) is 0.639.